The van der Waals surface area contributed by atoms with E-state index >= 15 is 0 Å². The second-order valence-electron chi connectivity index (χ2n) is 3.31. The zero-order chi connectivity index (χ0) is 12.0. The van der Waals surface area contributed by atoms with Crippen molar-refractivity contribution in [3.8, 4) is 0 Å². The van der Waals surface area contributed by atoms with Gasteiger partial charge in [0.1, 0.15) is 0 Å². The standard InChI is InChI=1S/2C6H6FN/c2*1-5-2-3-8-6(7)4-5/h2*2-4H,1H3. The van der Waals surface area contributed by atoms with Gasteiger partial charge in [-0.25, -0.2) is 9.97 Å². The van der Waals surface area contributed by atoms with Crippen molar-refractivity contribution in [1.29, 1.82) is 0 Å². The van der Waals surface area contributed by atoms with Crippen LogP contribution in [0.1, 0.15) is 11.1 Å². The molecule has 0 atom stereocenters. The minimum absolute atomic E-state index is 0.412. The predicted octanol–water partition coefficient (Wildman–Crippen LogP) is 3.06. The smallest absolute Gasteiger partial charge is 0.213 e. The Morgan fingerprint density at radius 3 is 1.38 bits per heavy atom. The van der Waals surface area contributed by atoms with Gasteiger partial charge in [-0.3, -0.25) is 0 Å². The second-order valence-corrected chi connectivity index (χ2v) is 3.31. The van der Waals surface area contributed by atoms with Gasteiger partial charge in [0.15, 0.2) is 0 Å². The summed E-state index contributed by atoms with van der Waals surface area (Å²) in [6.45, 7) is 3.65. The van der Waals surface area contributed by atoms with E-state index in [1.165, 1.54) is 24.5 Å². The molecule has 0 aliphatic rings. The topological polar surface area (TPSA) is 25.8 Å². The molecule has 0 radical (unpaired) electrons. The molecule has 84 valence electrons. The van der Waals surface area contributed by atoms with Crippen LogP contribution in [-0.4, -0.2) is 9.97 Å². The highest BCUT2D eigenvalue weighted by Gasteiger charge is 1.86. The highest BCUT2D eigenvalue weighted by Crippen LogP contribution is 1.96. The maximum atomic E-state index is 12.1. The molecule has 0 aliphatic heterocycles. The first-order chi connectivity index (χ1) is 7.58. The van der Waals surface area contributed by atoms with E-state index in [0.717, 1.165) is 11.1 Å². The minimum Gasteiger partial charge on any atom is -0.228 e. The van der Waals surface area contributed by atoms with Gasteiger partial charge in [-0.2, -0.15) is 8.78 Å². The molecule has 0 amide bonds. The Balaban J connectivity index is 0.000000160. The third-order valence-corrected chi connectivity index (χ3v) is 1.76. The highest BCUT2D eigenvalue weighted by atomic mass is 19.1. The SMILES string of the molecule is Cc1ccnc(F)c1.Cc1ccnc(F)c1. The largest absolute Gasteiger partial charge is 0.228 e. The summed E-state index contributed by atoms with van der Waals surface area (Å²) < 4.78 is 24.1. The van der Waals surface area contributed by atoms with Gasteiger partial charge in [-0.15, -0.1) is 0 Å². The van der Waals surface area contributed by atoms with Crippen molar-refractivity contribution < 1.29 is 8.78 Å². The molecule has 2 heterocycles. The maximum absolute atomic E-state index is 12.1. The van der Waals surface area contributed by atoms with E-state index in [2.05, 4.69) is 9.97 Å². The van der Waals surface area contributed by atoms with Gasteiger partial charge in [0.2, 0.25) is 11.9 Å². The van der Waals surface area contributed by atoms with E-state index in [9.17, 15) is 8.78 Å². The first-order valence-corrected chi connectivity index (χ1v) is 4.74. The van der Waals surface area contributed by atoms with Crippen molar-refractivity contribution in [2.75, 3.05) is 0 Å². The second kappa shape index (κ2) is 5.90. The summed E-state index contributed by atoms with van der Waals surface area (Å²) in [5, 5.41) is 0. The Morgan fingerprint density at radius 2 is 1.19 bits per heavy atom. The molecule has 2 aromatic rings. The molecular weight excluding hydrogens is 210 g/mol. The van der Waals surface area contributed by atoms with Crippen LogP contribution >= 0.6 is 0 Å². The Labute approximate surface area is 93.0 Å². The van der Waals surface area contributed by atoms with Gasteiger partial charge in [0.05, 0.1) is 0 Å². The fraction of sp³-hybridized carbons (Fsp3) is 0.167. The van der Waals surface area contributed by atoms with Crippen LogP contribution in [0.15, 0.2) is 36.7 Å². The van der Waals surface area contributed by atoms with Crippen LogP contribution < -0.4 is 0 Å². The van der Waals surface area contributed by atoms with Crippen LogP contribution in [0.2, 0.25) is 0 Å². The van der Waals surface area contributed by atoms with Crippen molar-refractivity contribution in [3.05, 3.63) is 59.7 Å². The summed E-state index contributed by atoms with van der Waals surface area (Å²) in [5.74, 6) is -0.824. The predicted molar refractivity (Wildman–Crippen MR) is 57.9 cm³/mol. The van der Waals surface area contributed by atoms with Gasteiger partial charge in [0.25, 0.3) is 0 Å². The van der Waals surface area contributed by atoms with Crippen molar-refractivity contribution in [1.82, 2.24) is 9.97 Å². The number of aryl methyl sites for hydroxylation is 2. The van der Waals surface area contributed by atoms with Gasteiger partial charge < -0.3 is 0 Å². The molecule has 0 aromatic carbocycles. The Kier molecular flexibility index (Phi) is 4.51. The molecular formula is C12H12F2N2. The molecule has 0 aliphatic carbocycles. The lowest BCUT2D eigenvalue weighted by atomic mass is 10.3. The lowest BCUT2D eigenvalue weighted by Gasteiger charge is -1.86. The van der Waals surface area contributed by atoms with Crippen LogP contribution in [0.4, 0.5) is 8.78 Å². The normalized spacial score (nSPS) is 9.25. The molecule has 2 aromatic heterocycles. The van der Waals surface area contributed by atoms with Gasteiger partial charge >= 0.3 is 0 Å². The van der Waals surface area contributed by atoms with Crippen LogP contribution in [0.3, 0.4) is 0 Å². The molecule has 0 saturated carbocycles. The third-order valence-electron chi connectivity index (χ3n) is 1.76. The van der Waals surface area contributed by atoms with E-state index < -0.39 is 11.9 Å². The lowest BCUT2D eigenvalue weighted by molar-refractivity contribution is 0.582. The molecule has 0 spiro atoms. The Morgan fingerprint density at radius 1 is 0.812 bits per heavy atom. The van der Waals surface area contributed by atoms with Gasteiger partial charge in [-0.05, 0) is 49.2 Å². The summed E-state index contributed by atoms with van der Waals surface area (Å²) in [6.07, 6.45) is 2.90. The summed E-state index contributed by atoms with van der Waals surface area (Å²) in [5.41, 5.74) is 1.80. The van der Waals surface area contributed by atoms with Gasteiger partial charge in [-0.1, -0.05) is 0 Å². The molecule has 0 unspecified atom stereocenters. The average Bonchev–Trinajstić information content (AvgIpc) is 2.17. The Hall–Kier alpha value is -1.84. The van der Waals surface area contributed by atoms with E-state index in [1.54, 1.807) is 12.1 Å². The van der Waals surface area contributed by atoms with Crippen molar-refractivity contribution >= 4 is 0 Å². The van der Waals surface area contributed by atoms with Gasteiger partial charge in [0, 0.05) is 12.4 Å². The highest BCUT2D eigenvalue weighted by molar-refractivity contribution is 5.07. The molecule has 0 saturated heterocycles. The quantitative estimate of drug-likeness (QED) is 0.640. The molecule has 0 fully saturated rings. The number of rotatable bonds is 0. The van der Waals surface area contributed by atoms with Crippen molar-refractivity contribution in [2.45, 2.75) is 13.8 Å². The van der Waals surface area contributed by atoms with E-state index in [4.69, 9.17) is 0 Å². The monoisotopic (exact) mass is 222 g/mol. The summed E-state index contributed by atoms with van der Waals surface area (Å²) in [6, 6.07) is 6.28. The molecule has 2 rings (SSSR count). The van der Waals surface area contributed by atoms with Crippen LogP contribution in [0.5, 0.6) is 0 Å². The minimum atomic E-state index is -0.412. The van der Waals surface area contributed by atoms with Crippen molar-refractivity contribution in [2.24, 2.45) is 0 Å². The fourth-order valence-electron chi connectivity index (χ4n) is 0.999. The Bertz CT molecular complexity index is 380. The number of hydrogen-bond acceptors (Lipinski definition) is 2. The van der Waals surface area contributed by atoms with Crippen molar-refractivity contribution in [3.63, 3.8) is 0 Å². The molecule has 0 bridgehead atoms. The molecule has 2 nitrogen and oxygen atoms in total. The van der Waals surface area contributed by atoms with E-state index in [-0.39, 0.29) is 0 Å². The molecule has 4 heteroatoms. The average molecular weight is 222 g/mol. The fourth-order valence-corrected chi connectivity index (χ4v) is 0.999. The van der Waals surface area contributed by atoms with Crippen LogP contribution in [0.25, 0.3) is 0 Å². The third kappa shape index (κ3) is 4.59. The number of pyridine rings is 2. The molecule has 0 N–H and O–H groups in total. The first-order valence-electron chi connectivity index (χ1n) is 4.74. The van der Waals surface area contributed by atoms with E-state index in [0.29, 0.717) is 0 Å². The zero-order valence-corrected chi connectivity index (χ0v) is 9.11. The lowest BCUT2D eigenvalue weighted by Crippen LogP contribution is -1.79. The summed E-state index contributed by atoms with van der Waals surface area (Å²) in [4.78, 5) is 6.75. The van der Waals surface area contributed by atoms with Crippen LogP contribution in [0, 0.1) is 25.7 Å². The molecule has 16 heavy (non-hydrogen) atoms. The van der Waals surface area contributed by atoms with E-state index in [1.807, 2.05) is 13.8 Å². The first kappa shape index (κ1) is 12.2. The zero-order valence-electron chi connectivity index (χ0n) is 9.11. The summed E-state index contributed by atoms with van der Waals surface area (Å²) >= 11 is 0. The number of hydrogen-bond donors (Lipinski definition) is 0. The number of nitrogens with zero attached hydrogens (tertiary/aromatic N) is 2. The number of aromatic nitrogens is 2. The number of halogens is 2. The maximum Gasteiger partial charge on any atom is 0.213 e. The van der Waals surface area contributed by atoms with Crippen LogP contribution in [-0.2, 0) is 0 Å². The summed E-state index contributed by atoms with van der Waals surface area (Å²) in [7, 11) is 0.